The second-order valence-electron chi connectivity index (χ2n) is 7.01. The Morgan fingerprint density at radius 2 is 1.85 bits per heavy atom. The van der Waals surface area contributed by atoms with Crippen LogP contribution >= 0.6 is 0 Å². The van der Waals surface area contributed by atoms with Gasteiger partial charge in [0, 0.05) is 24.7 Å². The predicted molar refractivity (Wildman–Crippen MR) is 104 cm³/mol. The average molecular weight is 383 g/mol. The van der Waals surface area contributed by atoms with Crippen LogP contribution in [0.1, 0.15) is 46.5 Å². The molecular weight excluding hydrogens is 350 g/mol. The average Bonchev–Trinajstić information content (AvgIpc) is 3.04. The van der Waals surface area contributed by atoms with Crippen LogP contribution in [0.5, 0.6) is 0 Å². The maximum Gasteiger partial charge on any atom is 0.240 e. The van der Waals surface area contributed by atoms with E-state index in [0.29, 0.717) is 13.0 Å². The minimum Gasteiger partial charge on any atom is -0.335 e. The van der Waals surface area contributed by atoms with Crippen LogP contribution in [0.15, 0.2) is 29.2 Å². The molecule has 2 rings (SSSR count). The van der Waals surface area contributed by atoms with Gasteiger partial charge < -0.3 is 9.80 Å². The van der Waals surface area contributed by atoms with Gasteiger partial charge in [-0.3, -0.25) is 4.79 Å². The normalized spacial score (nSPS) is 16.5. The minimum absolute atomic E-state index is 0.0997. The minimum atomic E-state index is -3.54. The molecule has 0 unspecified atom stereocenters. The molecule has 1 aromatic rings. The lowest BCUT2D eigenvalue weighted by molar-refractivity contribution is -0.896. The standard InChI is InChI=1S/C19H31N3O3S/c1-4-21(5-2)14-6-8-16(3)20-26(24,25)18-12-10-17(11-13-18)22-15-7-9-19(22)23/h10-13,16,20H,4-9,14-15H2,1-3H3/p+1/t16-/m1/s1. The van der Waals surface area contributed by atoms with E-state index in [9.17, 15) is 13.2 Å². The Morgan fingerprint density at radius 1 is 1.19 bits per heavy atom. The van der Waals surface area contributed by atoms with Gasteiger partial charge in [-0.1, -0.05) is 0 Å². The lowest BCUT2D eigenvalue weighted by Gasteiger charge is -2.18. The zero-order valence-corrected chi connectivity index (χ0v) is 16.9. The highest BCUT2D eigenvalue weighted by molar-refractivity contribution is 7.89. The molecule has 0 radical (unpaired) electrons. The molecule has 1 saturated heterocycles. The number of quaternary nitrogens is 1. The van der Waals surface area contributed by atoms with Crippen molar-refractivity contribution in [2.24, 2.45) is 0 Å². The molecule has 0 bridgehead atoms. The Hall–Kier alpha value is -1.44. The molecule has 0 saturated carbocycles. The fraction of sp³-hybridized carbons (Fsp3) is 0.632. The van der Waals surface area contributed by atoms with Crippen LogP contribution in [0.4, 0.5) is 5.69 Å². The van der Waals surface area contributed by atoms with Gasteiger partial charge in [-0.15, -0.1) is 0 Å². The van der Waals surface area contributed by atoms with E-state index < -0.39 is 10.0 Å². The number of benzene rings is 1. The van der Waals surface area contributed by atoms with Crippen LogP contribution in [-0.2, 0) is 14.8 Å². The van der Waals surface area contributed by atoms with Crippen molar-refractivity contribution in [1.82, 2.24) is 4.72 Å². The van der Waals surface area contributed by atoms with Crippen molar-refractivity contribution in [3.05, 3.63) is 24.3 Å². The summed E-state index contributed by atoms with van der Waals surface area (Å²) in [7, 11) is -3.54. The molecule has 1 aliphatic heterocycles. The molecule has 1 aromatic carbocycles. The number of sulfonamides is 1. The first-order valence-corrected chi connectivity index (χ1v) is 11.1. The van der Waals surface area contributed by atoms with Gasteiger partial charge in [0.2, 0.25) is 15.9 Å². The Bertz CT molecular complexity index is 684. The first kappa shape index (κ1) is 20.9. The Balaban J connectivity index is 1.91. The van der Waals surface area contributed by atoms with Gasteiger partial charge in [-0.05, 0) is 64.3 Å². The number of nitrogens with zero attached hydrogens (tertiary/aromatic N) is 1. The second-order valence-corrected chi connectivity index (χ2v) is 8.73. The topological polar surface area (TPSA) is 70.9 Å². The van der Waals surface area contributed by atoms with Crippen molar-refractivity contribution in [2.75, 3.05) is 31.1 Å². The highest BCUT2D eigenvalue weighted by atomic mass is 32.2. The lowest BCUT2D eigenvalue weighted by atomic mass is 10.2. The maximum absolute atomic E-state index is 12.6. The summed E-state index contributed by atoms with van der Waals surface area (Å²) in [6.07, 6.45) is 3.24. The van der Waals surface area contributed by atoms with Crippen molar-refractivity contribution in [2.45, 2.75) is 57.4 Å². The third-order valence-electron chi connectivity index (χ3n) is 5.06. The number of carbonyl (C=O) groups is 1. The summed E-state index contributed by atoms with van der Waals surface area (Å²) in [5, 5.41) is 0. The predicted octanol–water partition coefficient (Wildman–Crippen LogP) is 1.19. The first-order chi connectivity index (χ1) is 12.4. The zero-order valence-electron chi connectivity index (χ0n) is 16.1. The van der Waals surface area contributed by atoms with E-state index >= 15 is 0 Å². The molecule has 1 fully saturated rings. The van der Waals surface area contributed by atoms with Crippen molar-refractivity contribution in [1.29, 1.82) is 0 Å². The van der Waals surface area contributed by atoms with Gasteiger partial charge in [-0.2, -0.15) is 0 Å². The third kappa shape index (κ3) is 5.53. The van der Waals surface area contributed by atoms with Crippen LogP contribution < -0.4 is 14.5 Å². The molecule has 1 heterocycles. The second kappa shape index (κ2) is 9.48. The summed E-state index contributed by atoms with van der Waals surface area (Å²) in [5.41, 5.74) is 0.765. The monoisotopic (exact) mass is 382 g/mol. The number of anilines is 1. The third-order valence-corrected chi connectivity index (χ3v) is 6.66. The van der Waals surface area contributed by atoms with Gasteiger partial charge >= 0.3 is 0 Å². The number of nitrogens with one attached hydrogen (secondary N) is 2. The van der Waals surface area contributed by atoms with E-state index in [0.717, 1.165) is 44.6 Å². The van der Waals surface area contributed by atoms with E-state index in [4.69, 9.17) is 0 Å². The maximum atomic E-state index is 12.6. The smallest absolute Gasteiger partial charge is 0.240 e. The van der Waals surface area contributed by atoms with Crippen LogP contribution in [0, 0.1) is 0 Å². The number of rotatable bonds is 10. The van der Waals surface area contributed by atoms with Crippen molar-refractivity contribution >= 4 is 21.6 Å². The highest BCUT2D eigenvalue weighted by Crippen LogP contribution is 2.23. The molecule has 1 atom stereocenters. The number of hydrogen-bond donors (Lipinski definition) is 2. The molecule has 6 nitrogen and oxygen atoms in total. The molecule has 7 heteroatoms. The van der Waals surface area contributed by atoms with Crippen LogP contribution in [0.3, 0.4) is 0 Å². The highest BCUT2D eigenvalue weighted by Gasteiger charge is 2.23. The molecule has 0 aromatic heterocycles. The molecule has 146 valence electrons. The zero-order chi connectivity index (χ0) is 19.2. The number of amides is 1. The van der Waals surface area contributed by atoms with E-state index in [1.807, 2.05) is 6.92 Å². The van der Waals surface area contributed by atoms with Crippen LogP contribution in [-0.4, -0.2) is 46.5 Å². The van der Waals surface area contributed by atoms with Gasteiger partial charge in [0.1, 0.15) is 0 Å². The molecule has 1 aliphatic rings. The summed E-state index contributed by atoms with van der Waals surface area (Å²) < 4.78 is 27.9. The fourth-order valence-corrected chi connectivity index (χ4v) is 4.66. The summed E-state index contributed by atoms with van der Waals surface area (Å²) in [5.74, 6) is 0.0997. The molecule has 0 spiro atoms. The molecule has 1 amide bonds. The van der Waals surface area contributed by atoms with E-state index in [1.165, 1.54) is 4.90 Å². The van der Waals surface area contributed by atoms with Crippen molar-refractivity contribution in [3.8, 4) is 0 Å². The van der Waals surface area contributed by atoms with E-state index in [-0.39, 0.29) is 16.8 Å². The van der Waals surface area contributed by atoms with Gasteiger partial charge in [0.05, 0.1) is 24.5 Å². The first-order valence-electron chi connectivity index (χ1n) is 9.63. The van der Waals surface area contributed by atoms with Gasteiger partial charge in [0.15, 0.2) is 0 Å². The van der Waals surface area contributed by atoms with E-state index in [2.05, 4.69) is 18.6 Å². The van der Waals surface area contributed by atoms with Crippen molar-refractivity contribution in [3.63, 3.8) is 0 Å². The molecule has 0 aliphatic carbocycles. The summed E-state index contributed by atoms with van der Waals surface area (Å²) in [4.78, 5) is 15.3. The number of carbonyl (C=O) groups excluding carboxylic acids is 1. The lowest BCUT2D eigenvalue weighted by Crippen LogP contribution is -3.11. The Labute approximate surface area is 157 Å². The molecule has 2 N–H and O–H groups in total. The van der Waals surface area contributed by atoms with Gasteiger partial charge in [-0.25, -0.2) is 13.1 Å². The van der Waals surface area contributed by atoms with Crippen molar-refractivity contribution < 1.29 is 18.1 Å². The molecular formula is C19H32N3O3S+. The van der Waals surface area contributed by atoms with Crippen LogP contribution in [0.25, 0.3) is 0 Å². The Kier molecular flexibility index (Phi) is 7.61. The number of hydrogen-bond acceptors (Lipinski definition) is 3. The largest absolute Gasteiger partial charge is 0.335 e. The SMILES string of the molecule is CC[NH+](CC)CCC[C@@H](C)NS(=O)(=O)c1ccc(N2CCCC2=O)cc1. The van der Waals surface area contributed by atoms with E-state index in [1.54, 1.807) is 29.2 Å². The quantitative estimate of drug-likeness (QED) is 0.638. The molecule has 26 heavy (non-hydrogen) atoms. The summed E-state index contributed by atoms with van der Waals surface area (Å²) >= 11 is 0. The van der Waals surface area contributed by atoms with Crippen LogP contribution in [0.2, 0.25) is 0 Å². The summed E-state index contributed by atoms with van der Waals surface area (Å²) in [6.45, 7) is 10.2. The van der Waals surface area contributed by atoms with Gasteiger partial charge in [0.25, 0.3) is 0 Å². The Morgan fingerprint density at radius 3 is 2.38 bits per heavy atom. The fourth-order valence-electron chi connectivity index (χ4n) is 3.38. The summed E-state index contributed by atoms with van der Waals surface area (Å²) in [6, 6.07) is 6.49.